The summed E-state index contributed by atoms with van der Waals surface area (Å²) in [6.07, 6.45) is 0. The van der Waals surface area contributed by atoms with Gasteiger partial charge in [0, 0.05) is 0 Å². The molecule has 0 atom stereocenters. The average Bonchev–Trinajstić information content (AvgIpc) is 2.32. The molecule has 7 nitrogen and oxygen atoms in total. The average molecular weight is 266 g/mol. The number of rotatable bonds is 0. The third-order valence-corrected chi connectivity index (χ3v) is 0. The molecule has 0 aromatic rings. The Morgan fingerprint density at radius 2 is 0.615 bits per heavy atom. The SMILES string of the molecule is O=[N][Mo].[C]=O.[C]=O.[C]=O.[C]=O.[C]=O. The van der Waals surface area contributed by atoms with Crippen LogP contribution in [0.2, 0.25) is 0 Å². The van der Waals surface area contributed by atoms with E-state index in [1.807, 2.05) is 0 Å². The van der Waals surface area contributed by atoms with E-state index in [9.17, 15) is 0 Å². The van der Waals surface area contributed by atoms with Gasteiger partial charge in [-0.2, -0.15) is 0 Å². The number of hydrogen-bond donors (Lipinski definition) is 0. The summed E-state index contributed by atoms with van der Waals surface area (Å²) >= 11 is 1.14. The van der Waals surface area contributed by atoms with E-state index in [1.54, 1.807) is 0 Å². The molecule has 0 saturated carbocycles. The van der Waals surface area contributed by atoms with Gasteiger partial charge in [0.05, 0.1) is 0 Å². The topological polar surface area (TPSA) is 115 Å². The van der Waals surface area contributed by atoms with Gasteiger partial charge in [0.15, 0.2) is 0 Å². The number of nitroso groups, excluding NO2 is 1. The molecule has 0 N–H and O–H groups in total. The van der Waals surface area contributed by atoms with Crippen LogP contribution < -0.4 is 0 Å². The van der Waals surface area contributed by atoms with Crippen molar-refractivity contribution in [3.8, 4) is 0 Å². The van der Waals surface area contributed by atoms with Gasteiger partial charge >= 0.3 is 28.7 Å². The Morgan fingerprint density at radius 1 is 0.615 bits per heavy atom. The summed E-state index contributed by atoms with van der Waals surface area (Å²) < 4.78 is 2.26. The van der Waals surface area contributed by atoms with Gasteiger partial charge in [0.1, 0.15) is 0 Å². The second-order valence-corrected chi connectivity index (χ2v) is 0.441. The predicted molar refractivity (Wildman–Crippen MR) is 34.3 cm³/mol. The molecule has 0 spiro atoms. The molecule has 0 aromatic heterocycles. The Balaban J connectivity index is -0.0000000115. The summed E-state index contributed by atoms with van der Waals surface area (Å²) in [5, 5.41) is 0. The maximum Gasteiger partial charge on any atom is 0.281 e. The zero-order chi connectivity index (χ0) is 12.7. The Labute approximate surface area is 87.0 Å². The fraction of sp³-hybridized carbons (Fsp3) is 0. The van der Waals surface area contributed by atoms with Gasteiger partial charge in [-0.15, -0.1) is 0 Å². The Morgan fingerprint density at radius 3 is 0.615 bits per heavy atom. The van der Waals surface area contributed by atoms with Crippen molar-refractivity contribution in [1.29, 1.82) is 0 Å². The molecule has 67 valence electrons. The van der Waals surface area contributed by atoms with Crippen LogP contribution in [0.25, 0.3) is 0 Å². The van der Waals surface area contributed by atoms with Crippen LogP contribution in [0, 0.1) is 4.91 Å². The van der Waals surface area contributed by atoms with Crippen molar-refractivity contribution in [2.75, 3.05) is 0 Å². The van der Waals surface area contributed by atoms with Crippen molar-refractivity contribution >= 4 is 33.9 Å². The maximum absolute atomic E-state index is 8.56. The predicted octanol–water partition coefficient (Wildman–Crippen LogP) is -1.77. The van der Waals surface area contributed by atoms with Gasteiger partial charge < -0.3 is 0 Å². The second kappa shape index (κ2) is 7550. The van der Waals surface area contributed by atoms with Crippen molar-refractivity contribution in [3.63, 3.8) is 0 Å². The summed E-state index contributed by atoms with van der Waals surface area (Å²) in [5.41, 5.74) is 0. The molecular weight excluding hydrogens is 266 g/mol. The van der Waals surface area contributed by atoms with Gasteiger partial charge in [-0.25, -0.2) is 0 Å². The van der Waals surface area contributed by atoms with E-state index >= 15 is 0 Å². The first-order valence-electron chi connectivity index (χ1n) is 1.39. The number of carbonyl (C=O) groups excluding carboxylic acids is 5. The van der Waals surface area contributed by atoms with Crippen molar-refractivity contribution in [2.24, 2.45) is 3.74 Å². The minimum atomic E-state index is 1.14. The second-order valence-electron chi connectivity index (χ2n) is 0.0745. The van der Waals surface area contributed by atoms with Gasteiger partial charge in [0.2, 0.25) is 0 Å². The molecule has 10 radical (unpaired) electrons. The van der Waals surface area contributed by atoms with Crippen LogP contribution >= 0.6 is 0 Å². The molecule has 0 aromatic carbocycles. The van der Waals surface area contributed by atoms with Gasteiger partial charge in [0.25, 0.3) is 33.9 Å². The van der Waals surface area contributed by atoms with Crippen LogP contribution in [0.5, 0.6) is 0 Å². The third-order valence-electron chi connectivity index (χ3n) is 0. The third kappa shape index (κ3) is 428. The summed E-state index contributed by atoms with van der Waals surface area (Å²) in [7, 11) is 0. The molecule has 0 bridgehead atoms. The minimum Gasteiger partial charge on any atom is -0.281 e. The largest absolute Gasteiger partial charge is 0.281 e. The van der Waals surface area contributed by atoms with E-state index in [1.165, 1.54) is 0 Å². The van der Waals surface area contributed by atoms with Crippen LogP contribution in [0.15, 0.2) is 3.74 Å². The summed E-state index contributed by atoms with van der Waals surface area (Å²) in [5.74, 6) is 0. The van der Waals surface area contributed by atoms with Crippen LogP contribution in [-0.4, -0.2) is 33.9 Å². The summed E-state index contributed by atoms with van der Waals surface area (Å²) in [6.45, 7) is 22.5. The molecule has 0 fully saturated rings. The van der Waals surface area contributed by atoms with Crippen LogP contribution in [0.4, 0.5) is 0 Å². The first kappa shape index (κ1) is 41.4. The van der Waals surface area contributed by atoms with E-state index in [2.05, 4.69) is 37.7 Å². The van der Waals surface area contributed by atoms with E-state index in [0.717, 1.165) is 20.1 Å². The fourth-order valence-corrected chi connectivity index (χ4v) is 0. The Hall–Kier alpha value is -1.36. The monoisotopic (exact) mass is 268 g/mol. The minimum absolute atomic E-state index is 1.14. The summed E-state index contributed by atoms with van der Waals surface area (Å²) in [4.78, 5) is 46.1. The van der Waals surface area contributed by atoms with Gasteiger partial charge in [-0.3, -0.25) is 24.0 Å². The Kier molecular flexibility index (Phi) is 24100. The van der Waals surface area contributed by atoms with Crippen molar-refractivity contribution in [1.82, 2.24) is 0 Å². The van der Waals surface area contributed by atoms with Crippen molar-refractivity contribution < 1.29 is 44.0 Å². The maximum atomic E-state index is 8.56. The van der Waals surface area contributed by atoms with Gasteiger partial charge in [-0.05, 0) is 0 Å². The zero-order valence-electron chi connectivity index (χ0n) is 5.80. The number of nitrogens with zero attached hydrogens (tertiary/aromatic N) is 1. The molecule has 0 aliphatic rings. The van der Waals surface area contributed by atoms with Gasteiger partial charge in [-0.1, -0.05) is 0 Å². The first-order chi connectivity index (χ1) is 6.41. The van der Waals surface area contributed by atoms with E-state index in [4.69, 9.17) is 28.9 Å². The molecule has 8 heteroatoms. The molecule has 0 unspecified atom stereocenters. The zero-order valence-corrected chi connectivity index (χ0v) is 7.81. The first-order valence-corrected chi connectivity index (χ1v) is 2.28. The fourth-order valence-electron chi connectivity index (χ4n) is 0. The van der Waals surface area contributed by atoms with Crippen molar-refractivity contribution in [3.05, 3.63) is 4.91 Å². The smallest absolute Gasteiger partial charge is 0.281 e. The van der Waals surface area contributed by atoms with E-state index < -0.39 is 0 Å². The molecule has 13 heavy (non-hydrogen) atoms. The normalized spacial score (nSPS) is 2.46. The molecule has 0 aliphatic heterocycles. The van der Waals surface area contributed by atoms with Crippen LogP contribution in [-0.2, 0) is 44.0 Å². The quantitative estimate of drug-likeness (QED) is 0.378. The number of hydrogen-bond acceptors (Lipinski definition) is 7. The van der Waals surface area contributed by atoms with Crippen LogP contribution in [0.1, 0.15) is 0 Å². The van der Waals surface area contributed by atoms with E-state index in [0.29, 0.717) is 0 Å². The standard InChI is InChI=1S/5CO.Mo.NO/c5*1-2;;1-2/q;;;;;+1;-1. The molecule has 0 rings (SSSR count). The van der Waals surface area contributed by atoms with Crippen LogP contribution in [0.3, 0.4) is 0 Å². The molecule has 0 saturated heterocycles. The summed E-state index contributed by atoms with van der Waals surface area (Å²) in [6, 6.07) is 0. The molecular formula is C5MoNO6. The Bertz CT molecular complexity index is 55.4. The van der Waals surface area contributed by atoms with E-state index in [-0.39, 0.29) is 0 Å². The van der Waals surface area contributed by atoms with Crippen molar-refractivity contribution in [2.45, 2.75) is 0 Å². The molecule has 0 aliphatic carbocycles. The molecule has 0 amide bonds. The molecule has 0 heterocycles.